The molecule has 2 N–H and O–H groups in total. The maximum atomic E-state index is 13.7. The summed E-state index contributed by atoms with van der Waals surface area (Å²) in [5, 5.41) is 4.79. The fraction of sp³-hybridized carbons (Fsp3) is 0.545. The summed E-state index contributed by atoms with van der Waals surface area (Å²) in [7, 11) is 0.893. The molecule has 2 amide bonds. The van der Waals surface area contributed by atoms with Gasteiger partial charge in [-0.2, -0.15) is 0 Å². The summed E-state index contributed by atoms with van der Waals surface area (Å²) in [4.78, 5) is 35.8. The number of hydrogen-bond acceptors (Lipinski definition) is 6. The van der Waals surface area contributed by atoms with Gasteiger partial charge in [0.2, 0.25) is 5.91 Å². The lowest BCUT2D eigenvalue weighted by Crippen LogP contribution is -2.56. The Labute approximate surface area is 254 Å². The molecule has 2 aromatic carbocycles. The van der Waals surface area contributed by atoms with E-state index >= 15 is 0 Å². The van der Waals surface area contributed by atoms with E-state index < -0.39 is 24.4 Å². The first-order valence-corrected chi connectivity index (χ1v) is 15.4. The van der Waals surface area contributed by atoms with Crippen molar-refractivity contribution in [2.24, 2.45) is 5.41 Å². The number of likely N-dealkylation sites (tertiary alicyclic amines) is 1. The molecule has 1 aliphatic carbocycles. The average Bonchev–Trinajstić information content (AvgIpc) is 3.61. The summed E-state index contributed by atoms with van der Waals surface area (Å²) in [5.41, 5.74) is 1.78. The Bertz CT molecular complexity index is 1550. The zero-order valence-corrected chi connectivity index (χ0v) is 26.4. The minimum absolute atomic E-state index is 0.0401. The van der Waals surface area contributed by atoms with E-state index in [1.54, 1.807) is 0 Å². The Morgan fingerprint density at radius 2 is 1.70 bits per heavy atom. The van der Waals surface area contributed by atoms with E-state index in [9.17, 15) is 9.59 Å². The summed E-state index contributed by atoms with van der Waals surface area (Å²) in [5.74, 6) is 0.652. The van der Waals surface area contributed by atoms with E-state index in [4.69, 9.17) is 19.0 Å². The first-order valence-electron chi connectivity index (χ1n) is 15.4. The fourth-order valence-electron chi connectivity index (χ4n) is 7.33. The molecule has 228 valence electrons. The first-order chi connectivity index (χ1) is 20.3. The third-order valence-electron chi connectivity index (χ3n) is 10.9. The minimum Gasteiger partial charge on any atom is -0.453 e. The van der Waals surface area contributed by atoms with Crippen molar-refractivity contribution >= 4 is 35.4 Å². The summed E-state index contributed by atoms with van der Waals surface area (Å²) < 4.78 is 17.2. The van der Waals surface area contributed by atoms with Crippen molar-refractivity contribution in [2.45, 2.75) is 96.4 Å². The van der Waals surface area contributed by atoms with Crippen LogP contribution < -0.4 is 10.8 Å². The van der Waals surface area contributed by atoms with Crippen molar-refractivity contribution < 1.29 is 23.6 Å². The molecule has 10 heteroatoms. The van der Waals surface area contributed by atoms with Crippen LogP contribution in [0.5, 0.6) is 0 Å². The summed E-state index contributed by atoms with van der Waals surface area (Å²) in [6.07, 6.45) is 6.27. The largest absolute Gasteiger partial charge is 0.494 e. The molecule has 1 saturated carbocycles. The highest BCUT2D eigenvalue weighted by Crippen LogP contribution is 2.60. The fourth-order valence-corrected chi connectivity index (χ4v) is 7.33. The molecule has 1 aromatic heterocycles. The Morgan fingerprint density at radius 1 is 1.02 bits per heavy atom. The zero-order chi connectivity index (χ0) is 30.8. The molecule has 43 heavy (non-hydrogen) atoms. The van der Waals surface area contributed by atoms with Gasteiger partial charge in [0.15, 0.2) is 0 Å². The lowest BCUT2D eigenvalue weighted by Gasteiger charge is -2.49. The van der Waals surface area contributed by atoms with Crippen LogP contribution >= 0.6 is 0 Å². The van der Waals surface area contributed by atoms with Crippen molar-refractivity contribution in [3.8, 4) is 11.3 Å². The molecule has 2 saturated heterocycles. The number of fused-ring (bicyclic) bond motifs is 2. The van der Waals surface area contributed by atoms with Gasteiger partial charge in [-0.25, -0.2) is 9.78 Å². The second-order valence-electron chi connectivity index (χ2n) is 14.0. The molecular weight excluding hydrogens is 543 g/mol. The molecule has 0 bridgehead atoms. The number of carbonyl (C=O) groups excluding carboxylic acids is 2. The van der Waals surface area contributed by atoms with E-state index in [-0.39, 0.29) is 29.4 Å². The Balaban J connectivity index is 1.27. The minimum atomic E-state index is -0.611. The van der Waals surface area contributed by atoms with Crippen LogP contribution in [0.2, 0.25) is 0 Å². The first kappa shape index (κ1) is 29.7. The number of amides is 2. The lowest BCUT2D eigenvalue weighted by molar-refractivity contribution is -0.140. The molecule has 3 aromatic rings. The molecule has 0 radical (unpaired) electrons. The Kier molecular flexibility index (Phi) is 7.16. The number of ether oxygens (including phenoxy) is 1. The second kappa shape index (κ2) is 10.4. The number of carbonyl (C=O) groups is 2. The second-order valence-corrected chi connectivity index (χ2v) is 14.0. The number of nitrogens with one attached hydrogen (secondary N) is 2. The van der Waals surface area contributed by atoms with Gasteiger partial charge in [-0.15, -0.1) is 0 Å². The van der Waals surface area contributed by atoms with Crippen molar-refractivity contribution in [3.05, 3.63) is 48.4 Å². The predicted molar refractivity (Wildman–Crippen MR) is 167 cm³/mol. The van der Waals surface area contributed by atoms with Crippen LogP contribution in [0.15, 0.2) is 42.6 Å². The lowest BCUT2D eigenvalue weighted by atomic mass is 9.63. The maximum absolute atomic E-state index is 13.7. The van der Waals surface area contributed by atoms with Gasteiger partial charge in [0.25, 0.3) is 0 Å². The number of imidazole rings is 1. The standard InChI is InChI=1S/C33H43BN4O5/c1-30(2)31(3,4)43-34(42-30)24-13-12-21-16-23(11-10-22(21)17-24)25-19-35-28(37-25)26-18-32(5)14-8-9-15-33(32,6)38(26)27(39)20-36-29(40)41-7/h10-13,16-17,19,26H,8-9,14-15,18,20H2,1-7H3,(H,35,37)(H,36,40). The monoisotopic (exact) mass is 586 g/mol. The van der Waals surface area contributed by atoms with Crippen LogP contribution in [-0.2, 0) is 18.8 Å². The van der Waals surface area contributed by atoms with Gasteiger partial charge in [0.1, 0.15) is 12.4 Å². The number of methoxy groups -OCH3 is 1. The molecular formula is C33H43BN4O5. The van der Waals surface area contributed by atoms with Crippen molar-refractivity contribution in [1.82, 2.24) is 20.2 Å². The number of hydrogen-bond donors (Lipinski definition) is 2. The van der Waals surface area contributed by atoms with Crippen molar-refractivity contribution in [1.29, 1.82) is 0 Å². The number of aromatic nitrogens is 2. The van der Waals surface area contributed by atoms with E-state index in [1.165, 1.54) is 7.11 Å². The van der Waals surface area contributed by atoms with Crippen molar-refractivity contribution in [2.75, 3.05) is 13.7 Å². The van der Waals surface area contributed by atoms with Gasteiger partial charge in [0.05, 0.1) is 36.2 Å². The van der Waals surface area contributed by atoms with E-state index in [1.807, 2.05) is 11.1 Å². The van der Waals surface area contributed by atoms with E-state index in [2.05, 4.69) is 88.2 Å². The number of nitrogens with zero attached hydrogens (tertiary/aromatic N) is 2. The molecule has 2 aliphatic heterocycles. The molecule has 3 atom stereocenters. The molecule has 0 spiro atoms. The highest BCUT2D eigenvalue weighted by atomic mass is 16.7. The predicted octanol–water partition coefficient (Wildman–Crippen LogP) is 5.50. The van der Waals surface area contributed by atoms with Crippen LogP contribution in [-0.4, -0.2) is 64.4 Å². The maximum Gasteiger partial charge on any atom is 0.494 e. The van der Waals surface area contributed by atoms with Gasteiger partial charge in [0, 0.05) is 11.1 Å². The molecule has 6 rings (SSSR count). The normalized spacial score (nSPS) is 27.7. The van der Waals surface area contributed by atoms with Gasteiger partial charge >= 0.3 is 13.2 Å². The smallest absolute Gasteiger partial charge is 0.453 e. The van der Waals surface area contributed by atoms with Crippen LogP contribution in [0.1, 0.15) is 85.5 Å². The van der Waals surface area contributed by atoms with E-state index in [0.29, 0.717) is 0 Å². The molecule has 3 aliphatic rings. The van der Waals surface area contributed by atoms with Crippen LogP contribution in [0.25, 0.3) is 22.0 Å². The third-order valence-corrected chi connectivity index (χ3v) is 10.9. The Morgan fingerprint density at radius 3 is 2.42 bits per heavy atom. The number of aromatic amines is 1. The third kappa shape index (κ3) is 4.92. The van der Waals surface area contributed by atoms with Crippen LogP contribution in [0, 0.1) is 5.41 Å². The Hall–Kier alpha value is -3.37. The highest BCUT2D eigenvalue weighted by molar-refractivity contribution is 6.62. The molecule has 9 nitrogen and oxygen atoms in total. The number of rotatable bonds is 5. The molecule has 3 fully saturated rings. The van der Waals surface area contributed by atoms with Gasteiger partial charge in [-0.3, -0.25) is 4.79 Å². The van der Waals surface area contributed by atoms with Gasteiger partial charge < -0.3 is 29.2 Å². The number of benzene rings is 2. The SMILES string of the molecule is COC(=O)NCC(=O)N1C(c2ncc(-c3ccc4cc(B5OC(C)(C)C(C)(C)O5)ccc4c3)[nH]2)CC2(C)CCCCC12C. The topological polar surface area (TPSA) is 106 Å². The van der Waals surface area contributed by atoms with Crippen LogP contribution in [0.4, 0.5) is 4.79 Å². The summed E-state index contributed by atoms with van der Waals surface area (Å²) in [6.45, 7) is 12.6. The summed E-state index contributed by atoms with van der Waals surface area (Å²) >= 11 is 0. The molecule has 3 heterocycles. The zero-order valence-electron chi connectivity index (χ0n) is 26.4. The number of alkyl carbamates (subject to hydrolysis) is 1. The van der Waals surface area contributed by atoms with Crippen LogP contribution in [0.3, 0.4) is 0 Å². The summed E-state index contributed by atoms with van der Waals surface area (Å²) in [6, 6.07) is 12.5. The average molecular weight is 587 g/mol. The number of H-pyrrole nitrogens is 1. The van der Waals surface area contributed by atoms with E-state index in [0.717, 1.165) is 65.4 Å². The van der Waals surface area contributed by atoms with Gasteiger partial charge in [-0.1, -0.05) is 50.1 Å². The highest BCUT2D eigenvalue weighted by Gasteiger charge is 2.60. The van der Waals surface area contributed by atoms with Crippen molar-refractivity contribution in [3.63, 3.8) is 0 Å². The molecule has 3 unspecified atom stereocenters. The quantitative estimate of drug-likeness (QED) is 0.383. The van der Waals surface area contributed by atoms with Gasteiger partial charge in [-0.05, 0) is 81.6 Å².